The van der Waals surface area contributed by atoms with Gasteiger partial charge in [0, 0.05) is 10.6 Å². The molecule has 0 saturated heterocycles. The van der Waals surface area contributed by atoms with Crippen LogP contribution in [0.4, 0.5) is 0 Å². The quantitative estimate of drug-likeness (QED) is 0.566. The third-order valence-corrected chi connectivity index (χ3v) is 4.66. The lowest BCUT2D eigenvalue weighted by molar-refractivity contribution is 0.676. The Bertz CT molecular complexity index is 932. The van der Waals surface area contributed by atoms with E-state index in [2.05, 4.69) is 31.8 Å². The van der Waals surface area contributed by atoms with Crippen LogP contribution in [0.25, 0.3) is 23.2 Å². The highest BCUT2D eigenvalue weighted by atomic mass is 35.5. The van der Waals surface area contributed by atoms with E-state index in [4.69, 9.17) is 11.6 Å². The normalized spacial score (nSPS) is 16.0. The van der Waals surface area contributed by atoms with Crippen LogP contribution in [0.3, 0.4) is 0 Å². The highest BCUT2D eigenvalue weighted by molar-refractivity contribution is 6.31. The second-order valence-corrected chi connectivity index (χ2v) is 6.48. The highest BCUT2D eigenvalue weighted by Gasteiger charge is 2.23. The molecule has 0 radical (unpaired) electrons. The topological polar surface area (TPSA) is 48.5 Å². The number of hydrogen-bond donors (Lipinski definition) is 0. The van der Waals surface area contributed by atoms with Gasteiger partial charge in [-0.3, -0.25) is 4.57 Å². The number of benzene rings is 1. The van der Waals surface area contributed by atoms with Crippen molar-refractivity contribution in [3.05, 3.63) is 53.3 Å². The second-order valence-electron chi connectivity index (χ2n) is 6.05. The van der Waals surface area contributed by atoms with Gasteiger partial charge >= 0.3 is 0 Å². The first kappa shape index (κ1) is 13.1. The zero-order valence-corrected chi connectivity index (χ0v) is 13.1. The molecule has 2 aliphatic rings. The van der Waals surface area contributed by atoms with E-state index in [9.17, 15) is 0 Å². The van der Waals surface area contributed by atoms with Crippen molar-refractivity contribution in [2.45, 2.75) is 19.4 Å². The van der Waals surface area contributed by atoms with Gasteiger partial charge in [0.15, 0.2) is 5.82 Å². The Morgan fingerprint density at radius 1 is 1.22 bits per heavy atom. The van der Waals surface area contributed by atoms with Gasteiger partial charge in [-0.15, -0.1) is 0 Å². The molecule has 0 N–H and O–H groups in total. The molecule has 0 spiro atoms. The van der Waals surface area contributed by atoms with Crippen molar-refractivity contribution in [2.75, 3.05) is 0 Å². The number of allylic oxidation sites excluding steroid dienone is 1. The number of aromatic nitrogens is 5. The molecule has 3 heterocycles. The fourth-order valence-electron chi connectivity index (χ4n) is 3.04. The molecule has 0 unspecified atom stereocenters. The molecule has 5 rings (SSSR count). The second kappa shape index (κ2) is 4.80. The van der Waals surface area contributed by atoms with Crippen LogP contribution in [0.5, 0.6) is 0 Å². The molecule has 114 valence electrons. The molecule has 0 bridgehead atoms. The van der Waals surface area contributed by atoms with Crippen LogP contribution in [-0.4, -0.2) is 24.3 Å². The van der Waals surface area contributed by atoms with Crippen molar-refractivity contribution in [3.63, 3.8) is 0 Å². The van der Waals surface area contributed by atoms with Crippen molar-refractivity contribution >= 4 is 17.7 Å². The molecule has 1 saturated carbocycles. The number of halogens is 1. The zero-order valence-electron chi connectivity index (χ0n) is 12.4. The highest BCUT2D eigenvalue weighted by Crippen LogP contribution is 2.34. The average Bonchev–Trinajstić information content (AvgIpc) is 3.16. The zero-order chi connectivity index (χ0) is 15.4. The third kappa shape index (κ3) is 2.11. The van der Waals surface area contributed by atoms with Crippen LogP contribution in [0.2, 0.25) is 5.02 Å². The maximum atomic E-state index is 6.19. The van der Waals surface area contributed by atoms with Gasteiger partial charge in [-0.25, -0.2) is 14.6 Å². The smallest absolute Gasteiger partial charge is 0.160 e. The van der Waals surface area contributed by atoms with Gasteiger partial charge in [-0.1, -0.05) is 17.7 Å². The van der Waals surface area contributed by atoms with E-state index in [1.54, 1.807) is 6.33 Å². The van der Waals surface area contributed by atoms with Crippen LogP contribution in [-0.2, 0) is 6.54 Å². The lowest BCUT2D eigenvalue weighted by Gasteiger charge is -2.08. The van der Waals surface area contributed by atoms with E-state index in [0.29, 0.717) is 11.6 Å². The summed E-state index contributed by atoms with van der Waals surface area (Å²) in [6, 6.07) is 5.85. The van der Waals surface area contributed by atoms with E-state index in [1.165, 1.54) is 12.8 Å². The maximum Gasteiger partial charge on any atom is 0.160 e. The molecule has 6 heteroatoms. The van der Waals surface area contributed by atoms with Gasteiger partial charge in [0.1, 0.15) is 12.7 Å². The van der Waals surface area contributed by atoms with Crippen molar-refractivity contribution in [1.29, 1.82) is 0 Å². The summed E-state index contributed by atoms with van der Waals surface area (Å²) >= 11 is 6.19. The minimum Gasteiger partial charge on any atom is -0.300 e. The first-order valence-corrected chi connectivity index (χ1v) is 8.10. The van der Waals surface area contributed by atoms with E-state index < -0.39 is 0 Å². The number of hydrogen-bond acceptors (Lipinski definition) is 3. The van der Waals surface area contributed by atoms with E-state index >= 15 is 0 Å². The number of fused-ring (bicyclic) bond motifs is 5. The molecule has 1 fully saturated rings. The molecular weight excluding hydrogens is 310 g/mol. The van der Waals surface area contributed by atoms with Crippen LogP contribution in [0, 0.1) is 5.92 Å². The van der Waals surface area contributed by atoms with Gasteiger partial charge in [0.25, 0.3) is 0 Å². The largest absolute Gasteiger partial charge is 0.300 e. The summed E-state index contributed by atoms with van der Waals surface area (Å²) in [5, 5.41) is 5.06. The Morgan fingerprint density at radius 2 is 2.13 bits per heavy atom. The number of rotatable bonds is 2. The molecule has 23 heavy (non-hydrogen) atoms. The Labute approximate surface area is 138 Å². The minimum atomic E-state index is 0.645. The fraction of sp³-hybridized carbons (Fsp3) is 0.235. The van der Waals surface area contributed by atoms with Crippen molar-refractivity contribution in [1.82, 2.24) is 24.3 Å². The van der Waals surface area contributed by atoms with Gasteiger partial charge in [-0.05, 0) is 43.0 Å². The van der Waals surface area contributed by atoms with Crippen molar-refractivity contribution in [2.24, 2.45) is 5.92 Å². The van der Waals surface area contributed by atoms with Gasteiger partial charge in [0.05, 0.1) is 23.6 Å². The summed E-state index contributed by atoms with van der Waals surface area (Å²) in [5.41, 5.74) is 4.13. The third-order valence-electron chi connectivity index (χ3n) is 4.42. The Morgan fingerprint density at radius 3 is 3.00 bits per heavy atom. The van der Waals surface area contributed by atoms with Crippen molar-refractivity contribution < 1.29 is 0 Å². The maximum absolute atomic E-state index is 6.19. The summed E-state index contributed by atoms with van der Waals surface area (Å²) in [6.45, 7) is 0.645. The predicted octanol–water partition coefficient (Wildman–Crippen LogP) is 3.57. The Kier molecular flexibility index (Phi) is 2.73. The molecule has 1 aliphatic carbocycles. The lowest BCUT2D eigenvalue weighted by Crippen LogP contribution is -2.05. The molecule has 0 atom stereocenters. The number of nitrogens with zero attached hydrogens (tertiary/aromatic N) is 5. The first-order chi connectivity index (χ1) is 11.3. The molecule has 3 aromatic rings. The average molecular weight is 324 g/mol. The Balaban J connectivity index is 1.73. The Hall–Kier alpha value is -2.40. The van der Waals surface area contributed by atoms with Crippen LogP contribution in [0.15, 0.2) is 36.9 Å². The lowest BCUT2D eigenvalue weighted by atomic mass is 10.1. The van der Waals surface area contributed by atoms with E-state index in [-0.39, 0.29) is 0 Å². The molecule has 1 aliphatic heterocycles. The molecule has 5 nitrogen and oxygen atoms in total. The van der Waals surface area contributed by atoms with E-state index in [0.717, 1.165) is 34.4 Å². The molecule has 1 aromatic carbocycles. The van der Waals surface area contributed by atoms with Crippen LogP contribution in [0.1, 0.15) is 24.2 Å². The minimum absolute atomic E-state index is 0.645. The molecule has 2 aromatic heterocycles. The fourth-order valence-corrected chi connectivity index (χ4v) is 3.21. The van der Waals surface area contributed by atoms with Crippen LogP contribution >= 0.6 is 11.6 Å². The standard InChI is InChI=1S/C17H14ClN5/c18-12-4-6-15-13(7-12)17-19-9-21-23(17)8-16-14(20-10-22(15)16)5-3-11-1-2-11/h3-7,9-11H,1-2,8H2/b5-3-. The molecular formula is C17H14ClN5. The predicted molar refractivity (Wildman–Crippen MR) is 88.5 cm³/mol. The summed E-state index contributed by atoms with van der Waals surface area (Å²) in [4.78, 5) is 9.02. The molecule has 0 amide bonds. The van der Waals surface area contributed by atoms with Crippen LogP contribution < -0.4 is 0 Å². The summed E-state index contributed by atoms with van der Waals surface area (Å²) in [5.74, 6) is 1.56. The first-order valence-electron chi connectivity index (χ1n) is 7.72. The van der Waals surface area contributed by atoms with Gasteiger partial charge in [0.2, 0.25) is 0 Å². The van der Waals surface area contributed by atoms with E-state index in [1.807, 2.05) is 29.2 Å². The summed E-state index contributed by atoms with van der Waals surface area (Å²) < 4.78 is 4.03. The van der Waals surface area contributed by atoms with Crippen molar-refractivity contribution in [3.8, 4) is 17.1 Å². The summed E-state index contributed by atoms with van der Waals surface area (Å²) in [7, 11) is 0. The van der Waals surface area contributed by atoms with Gasteiger partial charge in [-0.2, -0.15) is 5.10 Å². The monoisotopic (exact) mass is 323 g/mol. The number of imidazole rings is 1. The SMILES string of the molecule is Clc1ccc2c(c1)-c1ncnn1Cc1c(/C=C\C3CC3)ncn1-2. The summed E-state index contributed by atoms with van der Waals surface area (Å²) in [6.07, 6.45) is 10.5. The van der Waals surface area contributed by atoms with Gasteiger partial charge < -0.3 is 0 Å².